The molecular formula is C6H15N2O-. The minimum atomic E-state index is -0.639. The van der Waals surface area contributed by atoms with Crippen molar-refractivity contribution in [1.82, 2.24) is 5.06 Å². The summed E-state index contributed by atoms with van der Waals surface area (Å²) in [7, 11) is 1.47. The lowest BCUT2D eigenvalue weighted by molar-refractivity contribution is 0.172. The summed E-state index contributed by atoms with van der Waals surface area (Å²) in [5, 5.41) is 11.5. The summed E-state index contributed by atoms with van der Waals surface area (Å²) in [5.41, 5.74) is 5.01. The van der Waals surface area contributed by atoms with E-state index in [-0.39, 0.29) is 0 Å². The Balaban J connectivity index is 3.92. The Morgan fingerprint density at radius 2 is 1.78 bits per heavy atom. The van der Waals surface area contributed by atoms with Gasteiger partial charge in [-0.2, -0.15) is 0 Å². The third-order valence-corrected chi connectivity index (χ3v) is 1.85. The predicted octanol–water partition coefficient (Wildman–Crippen LogP) is 0.891. The first-order valence-electron chi connectivity index (χ1n) is 3.26. The molecule has 0 saturated heterocycles. The van der Waals surface area contributed by atoms with E-state index in [0.29, 0.717) is 12.8 Å². The summed E-state index contributed by atoms with van der Waals surface area (Å²) in [4.78, 5) is 0. The molecule has 3 heteroatoms. The highest BCUT2D eigenvalue weighted by Gasteiger charge is 2.18. The standard InChI is InChI=1S/C6H15N2O/c1-4-6(7,5-2)8(3)9/h4-5,7H2,1-3H3/q-1. The highest BCUT2D eigenvalue weighted by atomic mass is 16.5. The molecule has 0 aromatic carbocycles. The largest absolute Gasteiger partial charge is 0.784 e. The highest BCUT2D eigenvalue weighted by molar-refractivity contribution is 4.79. The maximum absolute atomic E-state index is 10.7. The normalized spacial score (nSPS) is 12.7. The van der Waals surface area contributed by atoms with E-state index in [1.54, 1.807) is 0 Å². The Labute approximate surface area is 56.4 Å². The molecule has 0 heterocycles. The van der Waals surface area contributed by atoms with Crippen LogP contribution >= 0.6 is 0 Å². The maximum Gasteiger partial charge on any atom is 0.0565 e. The van der Waals surface area contributed by atoms with Crippen LogP contribution in [0.25, 0.3) is 0 Å². The van der Waals surface area contributed by atoms with Crippen LogP contribution in [-0.2, 0) is 0 Å². The molecule has 0 aromatic rings. The zero-order valence-electron chi connectivity index (χ0n) is 6.35. The number of hydrogen-bond donors (Lipinski definition) is 1. The second-order valence-electron chi connectivity index (χ2n) is 2.31. The molecule has 0 fully saturated rings. The number of hydrogen-bond acceptors (Lipinski definition) is 3. The first kappa shape index (κ1) is 8.88. The van der Waals surface area contributed by atoms with E-state index in [1.807, 2.05) is 13.8 Å². The van der Waals surface area contributed by atoms with Crippen LogP contribution in [0, 0.1) is 5.21 Å². The summed E-state index contributed by atoms with van der Waals surface area (Å²) in [6.45, 7) is 3.83. The number of nitrogens with two attached hydrogens (primary N) is 1. The van der Waals surface area contributed by atoms with Gasteiger partial charge in [-0.05, 0) is 19.9 Å². The molecule has 0 spiro atoms. The molecule has 0 bridgehead atoms. The molecule has 0 aliphatic rings. The topological polar surface area (TPSA) is 52.3 Å². The second-order valence-corrected chi connectivity index (χ2v) is 2.31. The smallest absolute Gasteiger partial charge is 0.0565 e. The molecule has 0 aliphatic carbocycles. The van der Waals surface area contributed by atoms with Crippen molar-refractivity contribution in [3.05, 3.63) is 5.21 Å². The van der Waals surface area contributed by atoms with Crippen molar-refractivity contribution in [2.75, 3.05) is 7.05 Å². The van der Waals surface area contributed by atoms with Gasteiger partial charge in [0.2, 0.25) is 0 Å². The van der Waals surface area contributed by atoms with Gasteiger partial charge in [0.05, 0.1) is 5.66 Å². The van der Waals surface area contributed by atoms with E-state index in [1.165, 1.54) is 7.05 Å². The van der Waals surface area contributed by atoms with Gasteiger partial charge >= 0.3 is 0 Å². The molecule has 0 unspecified atom stereocenters. The first-order valence-corrected chi connectivity index (χ1v) is 3.26. The van der Waals surface area contributed by atoms with Crippen molar-refractivity contribution >= 4 is 0 Å². The lowest BCUT2D eigenvalue weighted by Crippen LogP contribution is -2.50. The summed E-state index contributed by atoms with van der Waals surface area (Å²) in [5.74, 6) is 0. The molecule has 0 aromatic heterocycles. The van der Waals surface area contributed by atoms with Gasteiger partial charge in [-0.3, -0.25) is 0 Å². The molecular weight excluding hydrogens is 116 g/mol. The lowest BCUT2D eigenvalue weighted by Gasteiger charge is -2.42. The van der Waals surface area contributed by atoms with Gasteiger partial charge in [-0.1, -0.05) is 13.8 Å². The molecule has 0 aliphatic heterocycles. The van der Waals surface area contributed by atoms with Crippen molar-refractivity contribution in [3.63, 3.8) is 0 Å². The monoisotopic (exact) mass is 131 g/mol. The van der Waals surface area contributed by atoms with Gasteiger partial charge in [0.15, 0.2) is 0 Å². The molecule has 2 N–H and O–H groups in total. The lowest BCUT2D eigenvalue weighted by atomic mass is 10.1. The molecule has 0 amide bonds. The Morgan fingerprint density at radius 3 is 1.78 bits per heavy atom. The zero-order valence-corrected chi connectivity index (χ0v) is 6.35. The van der Waals surface area contributed by atoms with Crippen LogP contribution in [0.15, 0.2) is 0 Å². The van der Waals surface area contributed by atoms with Crippen molar-refractivity contribution in [3.8, 4) is 0 Å². The number of rotatable bonds is 3. The van der Waals surface area contributed by atoms with Crippen molar-refractivity contribution in [1.29, 1.82) is 0 Å². The average molecular weight is 131 g/mol. The van der Waals surface area contributed by atoms with Crippen LogP contribution in [0.4, 0.5) is 0 Å². The molecule has 9 heavy (non-hydrogen) atoms. The summed E-state index contributed by atoms with van der Waals surface area (Å²) in [6, 6.07) is 0. The third-order valence-electron chi connectivity index (χ3n) is 1.85. The maximum atomic E-state index is 10.7. The zero-order chi connectivity index (χ0) is 7.49. The van der Waals surface area contributed by atoms with E-state index in [4.69, 9.17) is 5.73 Å². The number of hydroxylamine groups is 2. The SMILES string of the molecule is CCC(N)(CC)N(C)[O-]. The van der Waals surface area contributed by atoms with Gasteiger partial charge < -0.3 is 16.0 Å². The Kier molecular flexibility index (Phi) is 3.11. The minimum Gasteiger partial charge on any atom is -0.784 e. The quantitative estimate of drug-likeness (QED) is 0.457. The van der Waals surface area contributed by atoms with Crippen LogP contribution in [0.3, 0.4) is 0 Å². The highest BCUT2D eigenvalue weighted by Crippen LogP contribution is 2.13. The van der Waals surface area contributed by atoms with Gasteiger partial charge in [-0.25, -0.2) is 0 Å². The molecule has 3 nitrogen and oxygen atoms in total. The fourth-order valence-corrected chi connectivity index (χ4v) is 0.695. The van der Waals surface area contributed by atoms with Gasteiger partial charge in [0.1, 0.15) is 0 Å². The van der Waals surface area contributed by atoms with E-state index in [9.17, 15) is 5.21 Å². The molecule has 0 rings (SSSR count). The van der Waals surface area contributed by atoms with Gasteiger partial charge in [0.25, 0.3) is 0 Å². The predicted molar refractivity (Wildman–Crippen MR) is 38.6 cm³/mol. The van der Waals surface area contributed by atoms with Crippen LogP contribution in [0.1, 0.15) is 26.7 Å². The van der Waals surface area contributed by atoms with E-state index in [2.05, 4.69) is 0 Å². The van der Waals surface area contributed by atoms with Gasteiger partial charge in [-0.15, -0.1) is 0 Å². The van der Waals surface area contributed by atoms with Crippen LogP contribution in [-0.4, -0.2) is 17.8 Å². The van der Waals surface area contributed by atoms with Crippen LogP contribution in [0.2, 0.25) is 0 Å². The molecule has 0 saturated carbocycles. The fourth-order valence-electron chi connectivity index (χ4n) is 0.695. The Morgan fingerprint density at radius 1 is 1.44 bits per heavy atom. The fraction of sp³-hybridized carbons (Fsp3) is 1.00. The van der Waals surface area contributed by atoms with Crippen molar-refractivity contribution in [2.24, 2.45) is 5.73 Å². The average Bonchev–Trinajstić information content (AvgIpc) is 1.86. The van der Waals surface area contributed by atoms with E-state index in [0.717, 1.165) is 5.06 Å². The summed E-state index contributed by atoms with van der Waals surface area (Å²) >= 11 is 0. The third kappa shape index (κ3) is 1.93. The van der Waals surface area contributed by atoms with Gasteiger partial charge in [0, 0.05) is 0 Å². The first-order chi connectivity index (χ1) is 4.06. The molecule has 56 valence electrons. The van der Waals surface area contributed by atoms with Crippen LogP contribution in [0.5, 0.6) is 0 Å². The summed E-state index contributed by atoms with van der Waals surface area (Å²) < 4.78 is 0. The Hall–Kier alpha value is -0.120. The molecule has 0 radical (unpaired) electrons. The number of nitrogens with zero attached hydrogens (tertiary/aromatic N) is 1. The van der Waals surface area contributed by atoms with Crippen molar-refractivity contribution in [2.45, 2.75) is 32.4 Å². The molecule has 0 atom stereocenters. The second kappa shape index (κ2) is 3.15. The van der Waals surface area contributed by atoms with Crippen molar-refractivity contribution < 1.29 is 0 Å². The van der Waals surface area contributed by atoms with E-state index < -0.39 is 5.66 Å². The van der Waals surface area contributed by atoms with Crippen LogP contribution < -0.4 is 5.73 Å². The summed E-state index contributed by atoms with van der Waals surface area (Å²) in [6.07, 6.45) is 1.40. The minimum absolute atomic E-state index is 0.639. The van der Waals surface area contributed by atoms with E-state index >= 15 is 0 Å². The Bertz CT molecular complexity index is 79.1.